The standard InChI is InChI=1S/C11H21IO/c1-2-3-5-8-11(13)9-6-4-7-10-12/h2-10H2,1H3. The van der Waals surface area contributed by atoms with E-state index in [1.165, 1.54) is 30.1 Å². The first-order chi connectivity index (χ1) is 6.31. The van der Waals surface area contributed by atoms with E-state index in [9.17, 15) is 4.79 Å². The van der Waals surface area contributed by atoms with Crippen molar-refractivity contribution in [1.82, 2.24) is 0 Å². The van der Waals surface area contributed by atoms with Crippen LogP contribution in [0, 0.1) is 0 Å². The Balaban J connectivity index is 3.11. The number of halogens is 1. The lowest BCUT2D eigenvalue weighted by atomic mass is 10.1. The second kappa shape index (κ2) is 10.5. The van der Waals surface area contributed by atoms with Gasteiger partial charge in [-0.15, -0.1) is 0 Å². The number of alkyl halides is 1. The molecule has 0 radical (unpaired) electrons. The summed E-state index contributed by atoms with van der Waals surface area (Å²) in [6.45, 7) is 2.17. The molecule has 0 fully saturated rings. The molecule has 0 aliphatic carbocycles. The highest BCUT2D eigenvalue weighted by atomic mass is 127. The summed E-state index contributed by atoms with van der Waals surface area (Å²) in [5, 5.41) is 0. The fourth-order valence-corrected chi connectivity index (χ4v) is 1.83. The van der Waals surface area contributed by atoms with Gasteiger partial charge in [0.25, 0.3) is 0 Å². The van der Waals surface area contributed by atoms with E-state index in [0.29, 0.717) is 5.78 Å². The molecule has 78 valence electrons. The summed E-state index contributed by atoms with van der Waals surface area (Å²) in [7, 11) is 0. The summed E-state index contributed by atoms with van der Waals surface area (Å²) in [5.74, 6) is 0.474. The van der Waals surface area contributed by atoms with Crippen LogP contribution >= 0.6 is 22.6 Å². The zero-order chi connectivity index (χ0) is 9.94. The summed E-state index contributed by atoms with van der Waals surface area (Å²) >= 11 is 2.39. The third kappa shape index (κ3) is 10.3. The largest absolute Gasteiger partial charge is 0.300 e. The minimum absolute atomic E-state index is 0.474. The molecular weight excluding hydrogens is 275 g/mol. The molecule has 0 rings (SSSR count). The number of unbranched alkanes of at least 4 members (excludes halogenated alkanes) is 4. The molecule has 0 bridgehead atoms. The summed E-state index contributed by atoms with van der Waals surface area (Å²) in [5.41, 5.74) is 0. The average molecular weight is 296 g/mol. The lowest BCUT2D eigenvalue weighted by Crippen LogP contribution is -1.97. The van der Waals surface area contributed by atoms with Crippen molar-refractivity contribution >= 4 is 28.4 Å². The van der Waals surface area contributed by atoms with Crippen LogP contribution in [-0.2, 0) is 4.79 Å². The van der Waals surface area contributed by atoms with E-state index in [1.807, 2.05) is 0 Å². The Morgan fingerprint density at radius 2 is 1.62 bits per heavy atom. The van der Waals surface area contributed by atoms with Gasteiger partial charge in [-0.25, -0.2) is 0 Å². The van der Waals surface area contributed by atoms with Crippen LogP contribution in [0.4, 0.5) is 0 Å². The molecule has 0 N–H and O–H groups in total. The van der Waals surface area contributed by atoms with E-state index in [-0.39, 0.29) is 0 Å². The normalized spacial score (nSPS) is 10.3. The van der Waals surface area contributed by atoms with Crippen LogP contribution in [-0.4, -0.2) is 10.2 Å². The minimum atomic E-state index is 0.474. The Labute approximate surface area is 95.8 Å². The first-order valence-electron chi connectivity index (χ1n) is 5.39. The molecule has 0 saturated carbocycles. The number of hydrogen-bond acceptors (Lipinski definition) is 1. The highest BCUT2D eigenvalue weighted by Crippen LogP contribution is 2.07. The Bertz CT molecular complexity index is 123. The van der Waals surface area contributed by atoms with Gasteiger partial charge in [-0.2, -0.15) is 0 Å². The number of carbonyl (C=O) groups is 1. The maximum absolute atomic E-state index is 11.3. The van der Waals surface area contributed by atoms with Crippen LogP contribution < -0.4 is 0 Å². The maximum atomic E-state index is 11.3. The maximum Gasteiger partial charge on any atom is 0.132 e. The molecule has 2 heteroatoms. The highest BCUT2D eigenvalue weighted by Gasteiger charge is 2.00. The average Bonchev–Trinajstić information content (AvgIpc) is 2.13. The third-order valence-corrected chi connectivity index (χ3v) is 2.91. The van der Waals surface area contributed by atoms with Crippen LogP contribution in [0.5, 0.6) is 0 Å². The van der Waals surface area contributed by atoms with E-state index in [0.717, 1.165) is 25.7 Å². The van der Waals surface area contributed by atoms with Crippen LogP contribution in [0.1, 0.15) is 58.3 Å². The Kier molecular flexibility index (Phi) is 10.8. The zero-order valence-corrected chi connectivity index (χ0v) is 10.8. The quantitative estimate of drug-likeness (QED) is 0.355. The van der Waals surface area contributed by atoms with E-state index in [4.69, 9.17) is 0 Å². The van der Waals surface area contributed by atoms with Crippen molar-refractivity contribution in [2.24, 2.45) is 0 Å². The highest BCUT2D eigenvalue weighted by molar-refractivity contribution is 14.1. The zero-order valence-electron chi connectivity index (χ0n) is 8.65. The first-order valence-corrected chi connectivity index (χ1v) is 6.91. The molecule has 0 unspecified atom stereocenters. The van der Waals surface area contributed by atoms with Crippen molar-refractivity contribution in [3.63, 3.8) is 0 Å². The molecule has 1 nitrogen and oxygen atoms in total. The molecule has 0 aromatic rings. The summed E-state index contributed by atoms with van der Waals surface area (Å²) in [6, 6.07) is 0. The number of ketones is 1. The molecule has 0 aliphatic heterocycles. The van der Waals surface area contributed by atoms with Gasteiger partial charge in [0.15, 0.2) is 0 Å². The molecular formula is C11H21IO. The first kappa shape index (κ1) is 13.4. The number of hydrogen-bond donors (Lipinski definition) is 0. The summed E-state index contributed by atoms with van der Waals surface area (Å²) in [6.07, 6.45) is 8.75. The van der Waals surface area contributed by atoms with E-state index < -0.39 is 0 Å². The third-order valence-electron chi connectivity index (χ3n) is 2.15. The second-order valence-corrected chi connectivity index (χ2v) is 4.57. The predicted octanol–water partition coefficient (Wildman–Crippen LogP) is 4.13. The molecule has 0 saturated heterocycles. The second-order valence-electron chi connectivity index (χ2n) is 3.50. The van der Waals surface area contributed by atoms with Crippen LogP contribution in [0.25, 0.3) is 0 Å². The van der Waals surface area contributed by atoms with Gasteiger partial charge >= 0.3 is 0 Å². The van der Waals surface area contributed by atoms with Gasteiger partial charge in [0.2, 0.25) is 0 Å². The summed E-state index contributed by atoms with van der Waals surface area (Å²) < 4.78 is 1.22. The molecule has 0 aromatic heterocycles. The van der Waals surface area contributed by atoms with Crippen molar-refractivity contribution < 1.29 is 4.79 Å². The van der Waals surface area contributed by atoms with Crippen molar-refractivity contribution in [1.29, 1.82) is 0 Å². The predicted molar refractivity (Wildman–Crippen MR) is 66.5 cm³/mol. The molecule has 0 atom stereocenters. The van der Waals surface area contributed by atoms with E-state index >= 15 is 0 Å². The topological polar surface area (TPSA) is 17.1 Å². The molecule has 0 spiro atoms. The molecule has 0 aromatic carbocycles. The fraction of sp³-hybridized carbons (Fsp3) is 0.909. The van der Waals surface area contributed by atoms with Crippen LogP contribution in [0.15, 0.2) is 0 Å². The van der Waals surface area contributed by atoms with Gasteiger partial charge in [0.1, 0.15) is 5.78 Å². The van der Waals surface area contributed by atoms with Crippen molar-refractivity contribution in [2.45, 2.75) is 58.3 Å². The number of Topliss-reactive ketones (excluding diaryl/α,β-unsaturated/α-hetero) is 1. The van der Waals surface area contributed by atoms with Crippen LogP contribution in [0.3, 0.4) is 0 Å². The SMILES string of the molecule is CCCCCC(=O)CCCCCI. The van der Waals surface area contributed by atoms with Gasteiger partial charge in [-0.3, -0.25) is 4.79 Å². The molecule has 0 amide bonds. The van der Waals surface area contributed by atoms with Gasteiger partial charge in [-0.1, -0.05) is 48.8 Å². The number of rotatable bonds is 9. The monoisotopic (exact) mass is 296 g/mol. The lowest BCUT2D eigenvalue weighted by Gasteiger charge is -1.99. The van der Waals surface area contributed by atoms with Crippen molar-refractivity contribution in [3.05, 3.63) is 0 Å². The van der Waals surface area contributed by atoms with Gasteiger partial charge in [0.05, 0.1) is 0 Å². The van der Waals surface area contributed by atoms with Gasteiger partial charge in [-0.05, 0) is 23.7 Å². The molecule has 0 aliphatic rings. The smallest absolute Gasteiger partial charge is 0.132 e. The Hall–Kier alpha value is 0.400. The van der Waals surface area contributed by atoms with Gasteiger partial charge in [0, 0.05) is 12.8 Å². The Morgan fingerprint density at radius 3 is 2.15 bits per heavy atom. The lowest BCUT2D eigenvalue weighted by molar-refractivity contribution is -0.119. The number of carbonyl (C=O) groups excluding carboxylic acids is 1. The van der Waals surface area contributed by atoms with Crippen molar-refractivity contribution in [3.8, 4) is 0 Å². The fourth-order valence-electron chi connectivity index (χ4n) is 1.29. The van der Waals surface area contributed by atoms with E-state index in [2.05, 4.69) is 29.5 Å². The minimum Gasteiger partial charge on any atom is -0.300 e. The summed E-state index contributed by atoms with van der Waals surface area (Å²) in [4.78, 5) is 11.3. The Morgan fingerprint density at radius 1 is 1.00 bits per heavy atom. The van der Waals surface area contributed by atoms with Crippen LogP contribution in [0.2, 0.25) is 0 Å². The molecule has 0 heterocycles. The van der Waals surface area contributed by atoms with Crippen molar-refractivity contribution in [2.75, 3.05) is 4.43 Å². The van der Waals surface area contributed by atoms with E-state index in [1.54, 1.807) is 0 Å². The molecule has 13 heavy (non-hydrogen) atoms. The van der Waals surface area contributed by atoms with Gasteiger partial charge < -0.3 is 0 Å².